The molecule has 0 saturated heterocycles. The van der Waals surface area contributed by atoms with E-state index in [2.05, 4.69) is 15.5 Å². The second kappa shape index (κ2) is 7.33. The molecule has 0 fully saturated rings. The first-order valence-corrected chi connectivity index (χ1v) is 10.0. The highest BCUT2D eigenvalue weighted by atomic mass is 32.1. The third-order valence-electron chi connectivity index (χ3n) is 4.73. The lowest BCUT2D eigenvalue weighted by molar-refractivity contribution is 0.0956. The second-order valence-corrected chi connectivity index (χ2v) is 7.49. The number of H-pyrrole nitrogens is 1. The van der Waals surface area contributed by atoms with Crippen molar-refractivity contribution in [2.24, 2.45) is 5.10 Å². The first-order chi connectivity index (χ1) is 14.3. The predicted octanol–water partition coefficient (Wildman–Crippen LogP) is 5.21. The third-order valence-corrected chi connectivity index (χ3v) is 5.62. The van der Waals surface area contributed by atoms with Crippen LogP contribution in [0.4, 0.5) is 0 Å². The second-order valence-electron chi connectivity index (χ2n) is 6.54. The van der Waals surface area contributed by atoms with Crippen molar-refractivity contribution in [2.75, 3.05) is 0 Å². The van der Waals surface area contributed by atoms with Gasteiger partial charge in [0.2, 0.25) is 0 Å². The molecule has 0 saturated carbocycles. The SMILES string of the molecule is O=C(NN=Cc1c[nH]c2ccccc12)c1cc(-c2cccs2)nc2ccccc12. The number of hydrazone groups is 1. The van der Waals surface area contributed by atoms with Crippen molar-refractivity contribution >= 4 is 45.3 Å². The number of carbonyl (C=O) groups excluding carboxylic acids is 1. The molecule has 1 amide bonds. The van der Waals surface area contributed by atoms with Crippen LogP contribution in [0.5, 0.6) is 0 Å². The summed E-state index contributed by atoms with van der Waals surface area (Å²) < 4.78 is 0. The Hall–Kier alpha value is -3.77. The summed E-state index contributed by atoms with van der Waals surface area (Å²) in [7, 11) is 0. The normalized spacial score (nSPS) is 11.4. The molecule has 0 bridgehead atoms. The van der Waals surface area contributed by atoms with E-state index < -0.39 is 0 Å². The smallest absolute Gasteiger partial charge is 0.272 e. The van der Waals surface area contributed by atoms with Crippen molar-refractivity contribution in [3.63, 3.8) is 0 Å². The molecule has 0 aliphatic heterocycles. The number of aromatic nitrogens is 2. The maximum atomic E-state index is 12.9. The summed E-state index contributed by atoms with van der Waals surface area (Å²) in [5.41, 5.74) is 6.72. The minimum absolute atomic E-state index is 0.266. The van der Waals surface area contributed by atoms with Gasteiger partial charge in [0.25, 0.3) is 5.91 Å². The molecule has 3 aromatic heterocycles. The fourth-order valence-corrected chi connectivity index (χ4v) is 4.02. The van der Waals surface area contributed by atoms with Crippen molar-refractivity contribution in [3.05, 3.63) is 89.4 Å². The molecule has 0 spiro atoms. The van der Waals surface area contributed by atoms with E-state index in [0.717, 1.165) is 37.9 Å². The van der Waals surface area contributed by atoms with E-state index in [4.69, 9.17) is 4.98 Å². The largest absolute Gasteiger partial charge is 0.361 e. The Labute approximate surface area is 170 Å². The van der Waals surface area contributed by atoms with Crippen LogP contribution in [0.3, 0.4) is 0 Å². The van der Waals surface area contributed by atoms with Gasteiger partial charge in [0.05, 0.1) is 27.9 Å². The predicted molar refractivity (Wildman–Crippen MR) is 118 cm³/mol. The highest BCUT2D eigenvalue weighted by Gasteiger charge is 2.14. The minimum atomic E-state index is -0.266. The zero-order valence-electron chi connectivity index (χ0n) is 15.3. The quantitative estimate of drug-likeness (QED) is 0.323. The van der Waals surface area contributed by atoms with Crippen LogP contribution >= 0.6 is 11.3 Å². The molecule has 0 atom stereocenters. The Morgan fingerprint density at radius 3 is 2.72 bits per heavy atom. The number of fused-ring (bicyclic) bond motifs is 2. The van der Waals surface area contributed by atoms with Crippen LogP contribution in [0.1, 0.15) is 15.9 Å². The highest BCUT2D eigenvalue weighted by molar-refractivity contribution is 7.13. The molecule has 5 rings (SSSR count). The number of amides is 1. The van der Waals surface area contributed by atoms with Gasteiger partial charge in [-0.15, -0.1) is 11.3 Å². The van der Waals surface area contributed by atoms with Gasteiger partial charge < -0.3 is 4.98 Å². The van der Waals surface area contributed by atoms with E-state index in [-0.39, 0.29) is 5.91 Å². The van der Waals surface area contributed by atoms with Crippen molar-refractivity contribution < 1.29 is 4.79 Å². The summed E-state index contributed by atoms with van der Waals surface area (Å²) in [5, 5.41) is 8.03. The Bertz CT molecular complexity index is 1350. The Morgan fingerprint density at radius 2 is 1.86 bits per heavy atom. The summed E-state index contributed by atoms with van der Waals surface area (Å²) >= 11 is 1.59. The van der Waals surface area contributed by atoms with E-state index in [1.54, 1.807) is 17.6 Å². The lowest BCUT2D eigenvalue weighted by atomic mass is 10.1. The molecule has 2 aromatic carbocycles. The van der Waals surface area contributed by atoms with Gasteiger partial charge in [0.1, 0.15) is 0 Å². The van der Waals surface area contributed by atoms with E-state index in [0.29, 0.717) is 5.56 Å². The summed E-state index contributed by atoms with van der Waals surface area (Å²) in [6.45, 7) is 0. The number of rotatable bonds is 4. The lowest BCUT2D eigenvalue weighted by Gasteiger charge is -2.07. The Balaban J connectivity index is 1.47. The number of pyridine rings is 1. The average molecular weight is 396 g/mol. The number of nitrogens with zero attached hydrogens (tertiary/aromatic N) is 2. The zero-order valence-corrected chi connectivity index (χ0v) is 16.1. The Kier molecular flexibility index (Phi) is 4.38. The lowest BCUT2D eigenvalue weighted by Crippen LogP contribution is -2.18. The van der Waals surface area contributed by atoms with Crippen LogP contribution in [0.25, 0.3) is 32.4 Å². The van der Waals surface area contributed by atoms with Crippen LogP contribution in [-0.4, -0.2) is 22.1 Å². The van der Waals surface area contributed by atoms with E-state index in [9.17, 15) is 4.79 Å². The average Bonchev–Trinajstić information content (AvgIpc) is 3.43. The van der Waals surface area contributed by atoms with Gasteiger partial charge in [-0.1, -0.05) is 42.5 Å². The van der Waals surface area contributed by atoms with Gasteiger partial charge in [-0.2, -0.15) is 5.10 Å². The van der Waals surface area contributed by atoms with Crippen LogP contribution in [0.2, 0.25) is 0 Å². The maximum Gasteiger partial charge on any atom is 0.272 e. The molecule has 0 aliphatic carbocycles. The topological polar surface area (TPSA) is 70.1 Å². The third kappa shape index (κ3) is 3.30. The van der Waals surface area contributed by atoms with Crippen LogP contribution in [0.15, 0.2) is 83.4 Å². The Morgan fingerprint density at radius 1 is 1.03 bits per heavy atom. The molecule has 0 radical (unpaired) electrons. The number of benzene rings is 2. The van der Waals surface area contributed by atoms with Crippen LogP contribution in [-0.2, 0) is 0 Å². The molecule has 5 nitrogen and oxygen atoms in total. The van der Waals surface area contributed by atoms with Crippen molar-refractivity contribution in [1.82, 2.24) is 15.4 Å². The first kappa shape index (κ1) is 17.3. The van der Waals surface area contributed by atoms with E-state index in [1.165, 1.54) is 0 Å². The molecule has 2 N–H and O–H groups in total. The molecule has 0 aliphatic rings. The molecule has 0 unspecified atom stereocenters. The fourth-order valence-electron chi connectivity index (χ4n) is 3.34. The van der Waals surface area contributed by atoms with Crippen LogP contribution < -0.4 is 5.43 Å². The number of nitrogens with one attached hydrogen (secondary N) is 2. The van der Waals surface area contributed by atoms with Gasteiger partial charge in [0.15, 0.2) is 0 Å². The van der Waals surface area contributed by atoms with Crippen molar-refractivity contribution in [3.8, 4) is 10.6 Å². The summed E-state index contributed by atoms with van der Waals surface area (Å²) in [5.74, 6) is -0.266. The van der Waals surface area contributed by atoms with Crippen molar-refractivity contribution in [1.29, 1.82) is 0 Å². The molecular formula is C23H16N4OS. The molecule has 3 heterocycles. The molecular weight excluding hydrogens is 380 g/mol. The maximum absolute atomic E-state index is 12.9. The molecule has 140 valence electrons. The van der Waals surface area contributed by atoms with Crippen molar-refractivity contribution in [2.45, 2.75) is 0 Å². The van der Waals surface area contributed by atoms with Crippen LogP contribution in [0, 0.1) is 0 Å². The fraction of sp³-hybridized carbons (Fsp3) is 0. The zero-order chi connectivity index (χ0) is 19.6. The number of hydrogen-bond acceptors (Lipinski definition) is 4. The summed E-state index contributed by atoms with van der Waals surface area (Å²) in [6.07, 6.45) is 3.53. The van der Waals surface area contributed by atoms with Gasteiger partial charge in [-0.3, -0.25) is 4.79 Å². The summed E-state index contributed by atoms with van der Waals surface area (Å²) in [4.78, 5) is 21.8. The standard InChI is InChI=1S/C23H16N4OS/c28-23(27-25-14-15-13-24-19-8-3-1-6-16(15)19)18-12-21(22-10-5-11-29-22)26-20-9-4-2-7-17(18)20/h1-14,24H,(H,27,28). The van der Waals surface area contributed by atoms with E-state index in [1.807, 2.05) is 78.3 Å². The number of thiophene rings is 1. The molecule has 6 heteroatoms. The van der Waals surface area contributed by atoms with Gasteiger partial charge in [-0.05, 0) is 29.6 Å². The minimum Gasteiger partial charge on any atom is -0.361 e. The van der Waals surface area contributed by atoms with Gasteiger partial charge >= 0.3 is 0 Å². The van der Waals surface area contributed by atoms with Gasteiger partial charge in [-0.25, -0.2) is 10.4 Å². The number of carbonyl (C=O) groups is 1. The van der Waals surface area contributed by atoms with Gasteiger partial charge in [0, 0.05) is 28.0 Å². The monoisotopic (exact) mass is 396 g/mol. The van der Waals surface area contributed by atoms with E-state index >= 15 is 0 Å². The highest BCUT2D eigenvalue weighted by Crippen LogP contribution is 2.27. The number of aromatic amines is 1. The number of para-hydroxylation sites is 2. The number of hydrogen-bond donors (Lipinski definition) is 2. The first-order valence-electron chi connectivity index (χ1n) is 9.13. The molecule has 29 heavy (non-hydrogen) atoms. The molecule has 5 aromatic rings. The summed E-state index contributed by atoms with van der Waals surface area (Å²) in [6, 6.07) is 21.4.